The number of amides is 1. The van der Waals surface area contributed by atoms with Crippen LogP contribution in [0.25, 0.3) is 11.0 Å². The molecular weight excluding hydrogens is 242 g/mol. The van der Waals surface area contributed by atoms with E-state index in [2.05, 4.69) is 9.97 Å². The van der Waals surface area contributed by atoms with Gasteiger partial charge in [0.25, 0.3) is 5.91 Å². The second-order valence-corrected chi connectivity index (χ2v) is 4.37. The fraction of sp³-hybridized carbons (Fsp3) is 0.143. The van der Waals surface area contributed by atoms with E-state index in [0.717, 1.165) is 22.5 Å². The monoisotopic (exact) mass is 255 g/mol. The Balaban J connectivity index is 1.97. The van der Waals surface area contributed by atoms with Crippen molar-refractivity contribution in [2.45, 2.75) is 6.92 Å². The number of furan rings is 1. The van der Waals surface area contributed by atoms with Crippen LogP contribution in [-0.2, 0) is 0 Å². The third kappa shape index (κ3) is 1.99. The molecule has 0 radical (unpaired) electrons. The molecule has 96 valence electrons. The topological polar surface area (TPSA) is 62.1 Å². The Morgan fingerprint density at radius 1 is 1.37 bits per heavy atom. The highest BCUT2D eigenvalue weighted by Crippen LogP contribution is 2.21. The smallest absolute Gasteiger partial charge is 0.293 e. The molecule has 1 amide bonds. The molecule has 0 spiro atoms. The molecule has 0 aliphatic rings. The average molecular weight is 255 g/mol. The number of aromatic amines is 1. The number of hydrogen-bond acceptors (Lipinski definition) is 3. The number of nitrogens with zero attached hydrogens (tertiary/aromatic N) is 2. The minimum absolute atomic E-state index is 0.180. The van der Waals surface area contributed by atoms with E-state index in [0.29, 0.717) is 5.76 Å². The Morgan fingerprint density at radius 2 is 2.21 bits per heavy atom. The van der Waals surface area contributed by atoms with Crippen molar-refractivity contribution < 1.29 is 9.21 Å². The van der Waals surface area contributed by atoms with Crippen LogP contribution in [0.15, 0.2) is 41.0 Å². The predicted octanol–water partition coefficient (Wildman–Crippen LogP) is 2.74. The van der Waals surface area contributed by atoms with Crippen LogP contribution >= 0.6 is 0 Å². The van der Waals surface area contributed by atoms with Gasteiger partial charge >= 0.3 is 0 Å². The number of imidazole rings is 1. The Labute approximate surface area is 109 Å². The first-order valence-corrected chi connectivity index (χ1v) is 5.93. The fourth-order valence-corrected chi connectivity index (χ4v) is 2.02. The van der Waals surface area contributed by atoms with Crippen LogP contribution < -0.4 is 4.90 Å². The number of aryl methyl sites for hydroxylation is 1. The van der Waals surface area contributed by atoms with Gasteiger partial charge in [0.2, 0.25) is 0 Å². The lowest BCUT2D eigenvalue weighted by Gasteiger charge is -2.15. The number of rotatable bonds is 2. The highest BCUT2D eigenvalue weighted by molar-refractivity contribution is 6.04. The molecular formula is C14H13N3O2. The summed E-state index contributed by atoms with van der Waals surface area (Å²) in [5, 5.41) is 0. The largest absolute Gasteiger partial charge is 0.459 e. The zero-order valence-electron chi connectivity index (χ0n) is 10.7. The minimum atomic E-state index is -0.180. The second kappa shape index (κ2) is 4.28. The molecule has 0 unspecified atom stereocenters. The summed E-state index contributed by atoms with van der Waals surface area (Å²) in [6.07, 6.45) is 1.49. The standard InChI is InChI=1S/C14H13N3O2/c1-9-15-11-6-5-10(8-12(11)16-9)17(2)14(18)13-4-3-7-19-13/h3-8H,1-2H3,(H,15,16). The second-order valence-electron chi connectivity index (χ2n) is 4.37. The first-order valence-electron chi connectivity index (χ1n) is 5.93. The van der Waals surface area contributed by atoms with Crippen molar-refractivity contribution in [3.63, 3.8) is 0 Å². The molecule has 2 aromatic heterocycles. The van der Waals surface area contributed by atoms with Crippen LogP contribution in [0.4, 0.5) is 5.69 Å². The van der Waals surface area contributed by atoms with E-state index in [9.17, 15) is 4.79 Å². The van der Waals surface area contributed by atoms with Gasteiger partial charge in [-0.2, -0.15) is 0 Å². The molecule has 0 atom stereocenters. The number of benzene rings is 1. The van der Waals surface area contributed by atoms with Crippen molar-refractivity contribution in [3.05, 3.63) is 48.2 Å². The zero-order valence-corrected chi connectivity index (χ0v) is 10.7. The van der Waals surface area contributed by atoms with E-state index in [-0.39, 0.29) is 5.91 Å². The Bertz CT molecular complexity index is 728. The number of hydrogen-bond donors (Lipinski definition) is 1. The number of H-pyrrole nitrogens is 1. The van der Waals surface area contributed by atoms with Crippen LogP contribution in [-0.4, -0.2) is 22.9 Å². The van der Waals surface area contributed by atoms with Gasteiger partial charge in [-0.25, -0.2) is 4.98 Å². The summed E-state index contributed by atoms with van der Waals surface area (Å²) >= 11 is 0. The van der Waals surface area contributed by atoms with Crippen molar-refractivity contribution >= 4 is 22.6 Å². The molecule has 0 bridgehead atoms. The van der Waals surface area contributed by atoms with Gasteiger partial charge < -0.3 is 14.3 Å². The summed E-state index contributed by atoms with van der Waals surface area (Å²) in [7, 11) is 1.72. The number of carbonyl (C=O) groups is 1. The molecule has 0 saturated carbocycles. The number of carbonyl (C=O) groups excluding carboxylic acids is 1. The van der Waals surface area contributed by atoms with Crippen molar-refractivity contribution in [1.82, 2.24) is 9.97 Å². The Morgan fingerprint density at radius 3 is 2.95 bits per heavy atom. The van der Waals surface area contributed by atoms with Crippen LogP contribution in [0, 0.1) is 6.92 Å². The van der Waals surface area contributed by atoms with Gasteiger partial charge in [-0.1, -0.05) is 0 Å². The maximum absolute atomic E-state index is 12.2. The van der Waals surface area contributed by atoms with Crippen LogP contribution in [0.5, 0.6) is 0 Å². The van der Waals surface area contributed by atoms with E-state index in [4.69, 9.17) is 4.42 Å². The molecule has 5 nitrogen and oxygen atoms in total. The number of anilines is 1. The average Bonchev–Trinajstić information content (AvgIpc) is 3.03. The van der Waals surface area contributed by atoms with E-state index in [1.165, 1.54) is 6.26 Å². The summed E-state index contributed by atoms with van der Waals surface area (Å²) in [6, 6.07) is 9.00. The number of aromatic nitrogens is 2. The van der Waals surface area contributed by atoms with Gasteiger partial charge in [-0.05, 0) is 37.3 Å². The SMILES string of the molecule is Cc1nc2ccc(N(C)C(=O)c3ccco3)cc2[nH]1. The number of fused-ring (bicyclic) bond motifs is 1. The first kappa shape index (κ1) is 11.5. The van der Waals surface area contributed by atoms with E-state index in [1.807, 2.05) is 25.1 Å². The summed E-state index contributed by atoms with van der Waals surface area (Å²) in [4.78, 5) is 21.2. The molecule has 0 aliphatic heterocycles. The quantitative estimate of drug-likeness (QED) is 0.765. The number of nitrogens with one attached hydrogen (secondary N) is 1. The summed E-state index contributed by atoms with van der Waals surface area (Å²) < 4.78 is 5.12. The molecule has 2 heterocycles. The molecule has 1 N–H and O–H groups in total. The lowest BCUT2D eigenvalue weighted by Crippen LogP contribution is -2.25. The normalized spacial score (nSPS) is 10.8. The fourth-order valence-electron chi connectivity index (χ4n) is 2.02. The van der Waals surface area contributed by atoms with E-state index < -0.39 is 0 Å². The Kier molecular flexibility index (Phi) is 2.59. The van der Waals surface area contributed by atoms with Crippen LogP contribution in [0.1, 0.15) is 16.4 Å². The van der Waals surface area contributed by atoms with Crippen LogP contribution in [0.3, 0.4) is 0 Å². The summed E-state index contributed by atoms with van der Waals surface area (Å²) in [5.74, 6) is 0.996. The zero-order chi connectivity index (χ0) is 13.4. The molecule has 19 heavy (non-hydrogen) atoms. The van der Waals surface area contributed by atoms with Crippen molar-refractivity contribution in [2.24, 2.45) is 0 Å². The van der Waals surface area contributed by atoms with Gasteiger partial charge in [0, 0.05) is 12.7 Å². The highest BCUT2D eigenvalue weighted by Gasteiger charge is 2.16. The predicted molar refractivity (Wildman–Crippen MR) is 72.3 cm³/mol. The molecule has 0 fully saturated rings. The molecule has 0 saturated heterocycles. The van der Waals surface area contributed by atoms with E-state index in [1.54, 1.807) is 24.1 Å². The van der Waals surface area contributed by atoms with Gasteiger partial charge in [-0.3, -0.25) is 4.79 Å². The van der Waals surface area contributed by atoms with Crippen molar-refractivity contribution in [1.29, 1.82) is 0 Å². The molecule has 1 aromatic carbocycles. The highest BCUT2D eigenvalue weighted by atomic mass is 16.3. The van der Waals surface area contributed by atoms with Crippen molar-refractivity contribution in [2.75, 3.05) is 11.9 Å². The summed E-state index contributed by atoms with van der Waals surface area (Å²) in [5.41, 5.74) is 2.59. The first-order chi connectivity index (χ1) is 9.15. The Hall–Kier alpha value is -2.56. The van der Waals surface area contributed by atoms with Gasteiger partial charge in [-0.15, -0.1) is 0 Å². The summed E-state index contributed by atoms with van der Waals surface area (Å²) in [6.45, 7) is 1.90. The third-order valence-electron chi connectivity index (χ3n) is 3.01. The maximum Gasteiger partial charge on any atom is 0.293 e. The van der Waals surface area contributed by atoms with Crippen molar-refractivity contribution in [3.8, 4) is 0 Å². The van der Waals surface area contributed by atoms with E-state index >= 15 is 0 Å². The lowest BCUT2D eigenvalue weighted by molar-refractivity contribution is 0.0966. The van der Waals surface area contributed by atoms with Gasteiger partial charge in [0.1, 0.15) is 5.82 Å². The molecule has 3 aromatic rings. The van der Waals surface area contributed by atoms with Gasteiger partial charge in [0.05, 0.1) is 17.3 Å². The van der Waals surface area contributed by atoms with Gasteiger partial charge in [0.15, 0.2) is 5.76 Å². The molecule has 5 heteroatoms. The minimum Gasteiger partial charge on any atom is -0.459 e. The lowest BCUT2D eigenvalue weighted by atomic mass is 10.2. The maximum atomic E-state index is 12.2. The molecule has 3 rings (SSSR count). The van der Waals surface area contributed by atoms with Crippen LogP contribution in [0.2, 0.25) is 0 Å². The third-order valence-corrected chi connectivity index (χ3v) is 3.01. The molecule has 0 aliphatic carbocycles.